The second kappa shape index (κ2) is 11.0. The molecule has 1 aromatic rings. The van der Waals surface area contributed by atoms with Crippen LogP contribution < -0.4 is 0 Å². The fourth-order valence-electron chi connectivity index (χ4n) is 1.14. The van der Waals surface area contributed by atoms with Gasteiger partial charge in [0.2, 0.25) is 0 Å². The molecule has 98 valence electrons. The van der Waals surface area contributed by atoms with Crippen LogP contribution in [0.5, 0.6) is 0 Å². The highest BCUT2D eigenvalue weighted by Crippen LogP contribution is 2.28. The number of rotatable bonds is 10. The molecule has 0 unspecified atom stereocenters. The third kappa shape index (κ3) is 7.52. The Balaban J connectivity index is 2.24. The van der Waals surface area contributed by atoms with Gasteiger partial charge in [0.25, 0.3) is 0 Å². The molecule has 0 nitrogen and oxygen atoms in total. The molecule has 1 rings (SSSR count). The molecule has 0 aliphatic heterocycles. The highest BCUT2D eigenvalue weighted by atomic mass is 33.1. The number of hydrogen-bond donors (Lipinski definition) is 0. The van der Waals surface area contributed by atoms with E-state index in [2.05, 4.69) is 37.4 Å². The van der Waals surface area contributed by atoms with Crippen molar-refractivity contribution in [3.8, 4) is 0 Å². The predicted octanol–water partition coefficient (Wildman–Crippen LogP) is 5.82. The minimum atomic E-state index is 1.01. The number of benzene rings is 1. The molecule has 0 N–H and O–H groups in total. The van der Waals surface area contributed by atoms with E-state index >= 15 is 0 Å². The summed E-state index contributed by atoms with van der Waals surface area (Å²) in [4.78, 5) is 0. The van der Waals surface area contributed by atoms with Crippen LogP contribution in [0.1, 0.15) is 11.1 Å². The van der Waals surface area contributed by atoms with Gasteiger partial charge in [0.05, 0.1) is 0 Å². The molecule has 4 heteroatoms. The van der Waals surface area contributed by atoms with Crippen LogP contribution in [0, 0.1) is 0 Å². The molecule has 0 bridgehead atoms. The second-order valence-corrected chi connectivity index (χ2v) is 8.50. The van der Waals surface area contributed by atoms with Gasteiger partial charge in [-0.3, -0.25) is 0 Å². The summed E-state index contributed by atoms with van der Waals surface area (Å²) >= 11 is 0. The lowest BCUT2D eigenvalue weighted by Crippen LogP contribution is -1.82. The lowest BCUT2D eigenvalue weighted by molar-refractivity contribution is 1.35. The van der Waals surface area contributed by atoms with Gasteiger partial charge < -0.3 is 0 Å². The normalized spacial score (nSPS) is 10.2. The van der Waals surface area contributed by atoms with E-state index < -0.39 is 0 Å². The molecule has 0 saturated heterocycles. The lowest BCUT2D eigenvalue weighted by atomic mass is 10.2. The van der Waals surface area contributed by atoms with Crippen LogP contribution >= 0.6 is 43.2 Å². The first-order valence-corrected chi connectivity index (χ1v) is 10.6. The summed E-state index contributed by atoms with van der Waals surface area (Å²) in [7, 11) is 7.48. The molecule has 0 amide bonds. The lowest BCUT2D eigenvalue weighted by Gasteiger charge is -2.03. The van der Waals surface area contributed by atoms with Crippen molar-refractivity contribution in [2.75, 3.05) is 11.5 Å². The zero-order valence-corrected chi connectivity index (χ0v) is 13.6. The average Bonchev–Trinajstić information content (AvgIpc) is 2.41. The molecule has 18 heavy (non-hydrogen) atoms. The van der Waals surface area contributed by atoms with E-state index in [-0.39, 0.29) is 0 Å². The highest BCUT2D eigenvalue weighted by Gasteiger charge is 1.96. The van der Waals surface area contributed by atoms with Gasteiger partial charge in [0, 0.05) is 23.0 Å². The maximum absolute atomic E-state index is 3.71. The van der Waals surface area contributed by atoms with Gasteiger partial charge in [-0.15, -0.1) is 13.2 Å². The van der Waals surface area contributed by atoms with Crippen molar-refractivity contribution in [1.82, 2.24) is 0 Å². The van der Waals surface area contributed by atoms with Crippen LogP contribution in [-0.4, -0.2) is 11.5 Å². The summed E-state index contributed by atoms with van der Waals surface area (Å²) in [5, 5.41) is 0. The summed E-state index contributed by atoms with van der Waals surface area (Å²) in [6.07, 6.45) is 3.89. The SMILES string of the molecule is C=CCSSCc1ccc(CSSCC=C)cc1. The molecule has 0 fully saturated rings. The fourth-order valence-corrected chi connectivity index (χ4v) is 4.82. The number of hydrogen-bond acceptors (Lipinski definition) is 4. The Morgan fingerprint density at radius 3 is 1.44 bits per heavy atom. The first-order chi connectivity index (χ1) is 8.86. The van der Waals surface area contributed by atoms with E-state index in [9.17, 15) is 0 Å². The fraction of sp³-hybridized carbons (Fsp3) is 0.286. The van der Waals surface area contributed by atoms with Crippen LogP contribution in [0.2, 0.25) is 0 Å². The summed E-state index contributed by atoms with van der Waals surface area (Å²) in [6, 6.07) is 8.93. The van der Waals surface area contributed by atoms with Gasteiger partial charge in [-0.25, -0.2) is 0 Å². The van der Waals surface area contributed by atoms with E-state index in [4.69, 9.17) is 0 Å². The van der Waals surface area contributed by atoms with Crippen molar-refractivity contribution in [2.45, 2.75) is 11.5 Å². The first kappa shape index (κ1) is 16.2. The van der Waals surface area contributed by atoms with Gasteiger partial charge in [-0.2, -0.15) is 0 Å². The molecule has 0 aromatic heterocycles. The molecule has 0 aliphatic rings. The van der Waals surface area contributed by atoms with Crippen LogP contribution in [0.3, 0.4) is 0 Å². The Bertz CT molecular complexity index is 310. The van der Waals surface area contributed by atoms with E-state index in [0.29, 0.717) is 0 Å². The zero-order valence-electron chi connectivity index (χ0n) is 10.3. The Hall–Kier alpha value is 0.1000. The summed E-state index contributed by atoms with van der Waals surface area (Å²) in [5.74, 6) is 4.16. The molecular formula is C14H18S4. The first-order valence-electron chi connectivity index (χ1n) is 5.65. The van der Waals surface area contributed by atoms with E-state index in [1.807, 2.05) is 55.3 Å². The van der Waals surface area contributed by atoms with Crippen molar-refractivity contribution >= 4 is 43.2 Å². The van der Waals surface area contributed by atoms with Crippen LogP contribution in [-0.2, 0) is 11.5 Å². The van der Waals surface area contributed by atoms with E-state index in [1.165, 1.54) is 11.1 Å². The van der Waals surface area contributed by atoms with E-state index in [1.54, 1.807) is 0 Å². The molecule has 0 saturated carbocycles. The summed E-state index contributed by atoms with van der Waals surface area (Å²) in [6.45, 7) is 7.43. The van der Waals surface area contributed by atoms with Crippen LogP contribution in [0.25, 0.3) is 0 Å². The summed E-state index contributed by atoms with van der Waals surface area (Å²) < 4.78 is 0. The van der Waals surface area contributed by atoms with E-state index in [0.717, 1.165) is 23.0 Å². The highest BCUT2D eigenvalue weighted by molar-refractivity contribution is 8.76. The molecule has 1 aromatic carbocycles. The Kier molecular flexibility index (Phi) is 9.85. The van der Waals surface area contributed by atoms with Gasteiger partial charge in [0.15, 0.2) is 0 Å². The molecule has 0 atom stereocenters. The summed E-state index contributed by atoms with van der Waals surface area (Å²) in [5.41, 5.74) is 2.79. The molecular weight excluding hydrogens is 296 g/mol. The van der Waals surface area contributed by atoms with Gasteiger partial charge in [0.1, 0.15) is 0 Å². The average molecular weight is 315 g/mol. The van der Waals surface area contributed by atoms with Crippen molar-refractivity contribution in [2.24, 2.45) is 0 Å². The minimum Gasteiger partial charge on any atom is -0.102 e. The third-order valence-corrected chi connectivity index (χ3v) is 6.52. The van der Waals surface area contributed by atoms with Gasteiger partial charge >= 0.3 is 0 Å². The van der Waals surface area contributed by atoms with Gasteiger partial charge in [-0.1, -0.05) is 79.6 Å². The maximum atomic E-state index is 3.71. The smallest absolute Gasteiger partial charge is 0.0288 e. The molecule has 0 radical (unpaired) electrons. The maximum Gasteiger partial charge on any atom is 0.0288 e. The van der Waals surface area contributed by atoms with Crippen LogP contribution in [0.15, 0.2) is 49.6 Å². The zero-order chi connectivity index (χ0) is 13.1. The van der Waals surface area contributed by atoms with Crippen molar-refractivity contribution in [1.29, 1.82) is 0 Å². The van der Waals surface area contributed by atoms with Crippen molar-refractivity contribution in [3.05, 3.63) is 60.7 Å². The molecule has 0 spiro atoms. The monoisotopic (exact) mass is 314 g/mol. The molecule has 0 aliphatic carbocycles. The van der Waals surface area contributed by atoms with Crippen molar-refractivity contribution in [3.63, 3.8) is 0 Å². The Labute approximate surface area is 126 Å². The quantitative estimate of drug-likeness (QED) is 0.303. The Morgan fingerprint density at radius 2 is 1.11 bits per heavy atom. The molecule has 0 heterocycles. The largest absolute Gasteiger partial charge is 0.102 e. The predicted molar refractivity (Wildman–Crippen MR) is 94.3 cm³/mol. The van der Waals surface area contributed by atoms with Crippen LogP contribution in [0.4, 0.5) is 0 Å². The Morgan fingerprint density at radius 1 is 0.722 bits per heavy atom. The van der Waals surface area contributed by atoms with Gasteiger partial charge in [-0.05, 0) is 11.1 Å². The second-order valence-electron chi connectivity index (χ2n) is 3.49. The standard InChI is InChI=1S/C14H18S4/c1-3-9-15-17-11-13-5-7-14(8-6-13)12-18-16-10-4-2/h3-8H,1-2,9-12H2. The topological polar surface area (TPSA) is 0 Å². The van der Waals surface area contributed by atoms with Crippen molar-refractivity contribution < 1.29 is 0 Å². The minimum absolute atomic E-state index is 1.01. The third-order valence-electron chi connectivity index (χ3n) is 2.01.